The Labute approximate surface area is 171 Å². The number of rotatable bonds is 6. The van der Waals surface area contributed by atoms with Crippen LogP contribution in [0, 0.1) is 5.92 Å². The number of nitrogens with zero attached hydrogens (tertiary/aromatic N) is 2. The largest absolute Gasteiger partial charge is 0.379 e. The summed E-state index contributed by atoms with van der Waals surface area (Å²) in [7, 11) is -3.39. The Bertz CT molecular complexity index is 788. The lowest BCUT2D eigenvalue weighted by Gasteiger charge is -2.31. The Balaban J connectivity index is 1.38. The third-order valence-electron chi connectivity index (χ3n) is 5.19. The van der Waals surface area contributed by atoms with Crippen molar-refractivity contribution in [2.45, 2.75) is 12.8 Å². The summed E-state index contributed by atoms with van der Waals surface area (Å²) < 4.78 is 31.1. The SMILES string of the molecule is O=C(Nc1ccccc1)C1CCN(C(=O)NCCS(=O)(=O)N2CCOCC2)CC1. The minimum Gasteiger partial charge on any atom is -0.379 e. The number of piperidine rings is 1. The van der Waals surface area contributed by atoms with Gasteiger partial charge in [0, 0.05) is 44.3 Å². The summed E-state index contributed by atoms with van der Waals surface area (Å²) in [6.45, 7) is 2.51. The molecule has 29 heavy (non-hydrogen) atoms. The lowest BCUT2D eigenvalue weighted by atomic mass is 9.96. The molecule has 0 bridgehead atoms. The van der Waals surface area contributed by atoms with Gasteiger partial charge in [0.15, 0.2) is 0 Å². The predicted molar refractivity (Wildman–Crippen MR) is 109 cm³/mol. The molecule has 2 aliphatic heterocycles. The fourth-order valence-corrected chi connectivity index (χ4v) is 4.79. The summed E-state index contributed by atoms with van der Waals surface area (Å²) in [5.41, 5.74) is 0.763. The first kappa shape index (κ1) is 21.5. The van der Waals surface area contributed by atoms with E-state index in [1.807, 2.05) is 30.3 Å². The van der Waals surface area contributed by atoms with Crippen LogP contribution >= 0.6 is 0 Å². The van der Waals surface area contributed by atoms with Crippen LogP contribution in [0.2, 0.25) is 0 Å². The van der Waals surface area contributed by atoms with Gasteiger partial charge in [0.05, 0.1) is 19.0 Å². The normalized spacial score (nSPS) is 19.0. The fourth-order valence-electron chi connectivity index (χ4n) is 3.46. The molecule has 2 aliphatic rings. The van der Waals surface area contributed by atoms with Gasteiger partial charge in [0.25, 0.3) is 0 Å². The van der Waals surface area contributed by atoms with Gasteiger partial charge in [-0.3, -0.25) is 4.79 Å². The minimum atomic E-state index is -3.39. The number of morpholine rings is 1. The average Bonchev–Trinajstić information content (AvgIpc) is 2.75. The zero-order valence-corrected chi connectivity index (χ0v) is 17.2. The number of urea groups is 1. The van der Waals surface area contributed by atoms with E-state index in [0.717, 1.165) is 5.69 Å². The quantitative estimate of drug-likeness (QED) is 0.699. The lowest BCUT2D eigenvalue weighted by molar-refractivity contribution is -0.121. The molecule has 0 atom stereocenters. The maximum Gasteiger partial charge on any atom is 0.317 e. The number of nitrogens with one attached hydrogen (secondary N) is 2. The van der Waals surface area contributed by atoms with Gasteiger partial charge in [-0.05, 0) is 25.0 Å². The summed E-state index contributed by atoms with van der Waals surface area (Å²) in [6, 6.07) is 9.00. The zero-order chi connectivity index (χ0) is 20.7. The highest BCUT2D eigenvalue weighted by molar-refractivity contribution is 7.89. The highest BCUT2D eigenvalue weighted by Gasteiger charge is 2.28. The Morgan fingerprint density at radius 1 is 1.03 bits per heavy atom. The molecule has 2 N–H and O–H groups in total. The Hall–Kier alpha value is -2.17. The van der Waals surface area contributed by atoms with Crippen molar-refractivity contribution >= 4 is 27.6 Å². The molecule has 1 aromatic rings. The van der Waals surface area contributed by atoms with E-state index < -0.39 is 10.0 Å². The zero-order valence-electron chi connectivity index (χ0n) is 16.4. The summed E-state index contributed by atoms with van der Waals surface area (Å²) in [5.74, 6) is -0.303. The van der Waals surface area contributed by atoms with Gasteiger partial charge in [0.1, 0.15) is 0 Å². The summed E-state index contributed by atoms with van der Waals surface area (Å²) >= 11 is 0. The van der Waals surface area contributed by atoms with E-state index in [9.17, 15) is 18.0 Å². The van der Waals surface area contributed by atoms with Gasteiger partial charge in [-0.2, -0.15) is 4.31 Å². The molecule has 2 fully saturated rings. The third-order valence-corrected chi connectivity index (χ3v) is 7.07. The van der Waals surface area contributed by atoms with E-state index in [2.05, 4.69) is 10.6 Å². The molecule has 9 nitrogen and oxygen atoms in total. The van der Waals surface area contributed by atoms with E-state index in [-0.39, 0.29) is 30.2 Å². The molecule has 0 unspecified atom stereocenters. The van der Waals surface area contributed by atoms with Crippen molar-refractivity contribution in [1.29, 1.82) is 0 Å². The van der Waals surface area contributed by atoms with E-state index in [1.165, 1.54) is 4.31 Å². The number of para-hydroxylation sites is 1. The minimum absolute atomic E-state index is 0.0344. The number of likely N-dealkylation sites (tertiary alicyclic amines) is 1. The van der Waals surface area contributed by atoms with Gasteiger partial charge in [0.2, 0.25) is 15.9 Å². The second-order valence-electron chi connectivity index (χ2n) is 7.18. The summed E-state index contributed by atoms with van der Waals surface area (Å²) in [6.07, 6.45) is 1.16. The third kappa shape index (κ3) is 6.15. The average molecular weight is 425 g/mol. The highest BCUT2D eigenvalue weighted by atomic mass is 32.2. The first-order valence-electron chi connectivity index (χ1n) is 9.90. The number of ether oxygens (including phenoxy) is 1. The number of carbonyl (C=O) groups excluding carboxylic acids is 2. The van der Waals surface area contributed by atoms with Crippen molar-refractivity contribution in [2.75, 3.05) is 57.0 Å². The number of hydrogen-bond acceptors (Lipinski definition) is 5. The van der Waals surface area contributed by atoms with Crippen molar-refractivity contribution in [3.63, 3.8) is 0 Å². The van der Waals surface area contributed by atoms with Crippen molar-refractivity contribution in [3.8, 4) is 0 Å². The predicted octanol–water partition coefficient (Wildman–Crippen LogP) is 0.709. The molecule has 2 saturated heterocycles. The number of carbonyl (C=O) groups is 2. The molecule has 1 aromatic carbocycles. The second-order valence-corrected chi connectivity index (χ2v) is 9.26. The van der Waals surface area contributed by atoms with E-state index >= 15 is 0 Å². The van der Waals surface area contributed by atoms with Gasteiger partial charge < -0.3 is 20.3 Å². The van der Waals surface area contributed by atoms with E-state index in [4.69, 9.17) is 4.74 Å². The van der Waals surface area contributed by atoms with Gasteiger partial charge in [-0.1, -0.05) is 18.2 Å². The molecule has 0 aliphatic carbocycles. The molecule has 0 saturated carbocycles. The van der Waals surface area contributed by atoms with Crippen molar-refractivity contribution < 1.29 is 22.7 Å². The molecule has 10 heteroatoms. The van der Waals surface area contributed by atoms with Crippen molar-refractivity contribution in [3.05, 3.63) is 30.3 Å². The van der Waals surface area contributed by atoms with Crippen molar-refractivity contribution in [1.82, 2.24) is 14.5 Å². The topological polar surface area (TPSA) is 108 Å². The van der Waals surface area contributed by atoms with Crippen LogP contribution in [0.4, 0.5) is 10.5 Å². The maximum atomic E-state index is 12.4. The van der Waals surface area contributed by atoms with Crippen LogP contribution < -0.4 is 10.6 Å². The lowest BCUT2D eigenvalue weighted by Crippen LogP contribution is -2.48. The summed E-state index contributed by atoms with van der Waals surface area (Å²) in [5, 5.41) is 5.58. The van der Waals surface area contributed by atoms with E-state index in [1.54, 1.807) is 4.90 Å². The van der Waals surface area contributed by atoms with Gasteiger partial charge in [-0.25, -0.2) is 13.2 Å². The van der Waals surface area contributed by atoms with Crippen LogP contribution in [0.1, 0.15) is 12.8 Å². The Morgan fingerprint density at radius 2 is 1.69 bits per heavy atom. The molecular formula is C19H28N4O5S. The first-order chi connectivity index (χ1) is 14.0. The number of sulfonamides is 1. The fraction of sp³-hybridized carbons (Fsp3) is 0.579. The van der Waals surface area contributed by atoms with E-state index in [0.29, 0.717) is 52.2 Å². The van der Waals surface area contributed by atoms with Crippen LogP contribution in [-0.4, -0.2) is 81.3 Å². The van der Waals surface area contributed by atoms with Crippen LogP contribution in [0.3, 0.4) is 0 Å². The van der Waals surface area contributed by atoms with Crippen LogP contribution in [0.15, 0.2) is 30.3 Å². The molecular weight excluding hydrogens is 396 g/mol. The molecule has 2 heterocycles. The summed E-state index contributed by atoms with van der Waals surface area (Å²) in [4.78, 5) is 26.3. The molecule has 0 aromatic heterocycles. The second kappa shape index (κ2) is 10.0. The smallest absolute Gasteiger partial charge is 0.317 e. The molecule has 160 valence electrons. The Kier molecular flexibility index (Phi) is 7.45. The van der Waals surface area contributed by atoms with Crippen LogP contribution in [-0.2, 0) is 19.6 Å². The van der Waals surface area contributed by atoms with Crippen LogP contribution in [0.25, 0.3) is 0 Å². The van der Waals surface area contributed by atoms with Crippen molar-refractivity contribution in [2.24, 2.45) is 5.92 Å². The van der Waals surface area contributed by atoms with Crippen LogP contribution in [0.5, 0.6) is 0 Å². The molecule has 3 rings (SSSR count). The Morgan fingerprint density at radius 3 is 2.34 bits per heavy atom. The molecule has 0 radical (unpaired) electrons. The molecule has 3 amide bonds. The number of benzene rings is 1. The maximum absolute atomic E-state index is 12.4. The number of amides is 3. The number of anilines is 1. The van der Waals surface area contributed by atoms with Gasteiger partial charge in [-0.15, -0.1) is 0 Å². The standard InChI is InChI=1S/C19H28N4O5S/c24-18(21-17-4-2-1-3-5-17)16-6-9-22(10-7-16)19(25)20-8-15-29(26,27)23-11-13-28-14-12-23/h1-5,16H,6-15H2,(H,20,25)(H,21,24). The monoisotopic (exact) mass is 424 g/mol. The number of hydrogen-bond donors (Lipinski definition) is 2. The highest BCUT2D eigenvalue weighted by Crippen LogP contribution is 2.19. The molecule has 0 spiro atoms. The van der Waals surface area contributed by atoms with Gasteiger partial charge >= 0.3 is 6.03 Å². The first-order valence-corrected chi connectivity index (χ1v) is 11.5.